The van der Waals surface area contributed by atoms with E-state index in [9.17, 15) is 14.4 Å². The number of anilines is 1. The Balaban J connectivity index is 2.06. The number of alkyl carbamates (subject to hydrolysis) is 1. The van der Waals surface area contributed by atoms with Crippen molar-refractivity contribution in [1.82, 2.24) is 10.2 Å². The Morgan fingerprint density at radius 2 is 1.69 bits per heavy atom. The molecular formula is C31H43N3O4S. The van der Waals surface area contributed by atoms with Crippen LogP contribution in [0.1, 0.15) is 68.8 Å². The molecule has 2 aromatic rings. The molecule has 0 aromatic heterocycles. The van der Waals surface area contributed by atoms with Crippen molar-refractivity contribution in [3.8, 4) is 0 Å². The molecule has 2 aromatic carbocycles. The van der Waals surface area contributed by atoms with Gasteiger partial charge in [0.25, 0.3) is 5.91 Å². The summed E-state index contributed by atoms with van der Waals surface area (Å²) in [7, 11) is 0. The van der Waals surface area contributed by atoms with E-state index in [2.05, 4.69) is 17.6 Å². The molecular weight excluding hydrogens is 510 g/mol. The summed E-state index contributed by atoms with van der Waals surface area (Å²) < 4.78 is 5.49. The molecule has 39 heavy (non-hydrogen) atoms. The van der Waals surface area contributed by atoms with Crippen molar-refractivity contribution in [2.24, 2.45) is 5.92 Å². The van der Waals surface area contributed by atoms with Gasteiger partial charge in [0.1, 0.15) is 17.7 Å². The maximum atomic E-state index is 14.4. The van der Waals surface area contributed by atoms with Gasteiger partial charge in [0.15, 0.2) is 0 Å². The zero-order valence-electron chi connectivity index (χ0n) is 24.5. The molecule has 1 fully saturated rings. The Morgan fingerprint density at radius 3 is 2.28 bits per heavy atom. The number of ether oxygens (including phenoxy) is 1. The number of carbonyl (C=O) groups excluding carboxylic acids is 3. The van der Waals surface area contributed by atoms with Crippen LogP contribution in [0.5, 0.6) is 0 Å². The van der Waals surface area contributed by atoms with Crippen molar-refractivity contribution in [1.29, 1.82) is 0 Å². The third-order valence-corrected chi connectivity index (χ3v) is 7.79. The number of benzene rings is 2. The Bertz CT molecular complexity index is 1190. The van der Waals surface area contributed by atoms with Gasteiger partial charge in [0, 0.05) is 11.7 Å². The molecule has 4 atom stereocenters. The molecule has 212 valence electrons. The first kappa shape index (κ1) is 30.5. The maximum Gasteiger partial charge on any atom is 0.408 e. The molecule has 0 aliphatic heterocycles. The van der Waals surface area contributed by atoms with Gasteiger partial charge in [-0.15, -0.1) is 0 Å². The molecule has 0 heterocycles. The van der Waals surface area contributed by atoms with Crippen LogP contribution in [0.2, 0.25) is 0 Å². The lowest BCUT2D eigenvalue weighted by atomic mass is 9.94. The Kier molecular flexibility index (Phi) is 10.1. The predicted molar refractivity (Wildman–Crippen MR) is 159 cm³/mol. The van der Waals surface area contributed by atoms with Gasteiger partial charge in [-0.3, -0.25) is 9.59 Å². The first-order chi connectivity index (χ1) is 18.3. The largest absolute Gasteiger partial charge is 0.444 e. The van der Waals surface area contributed by atoms with Crippen molar-refractivity contribution in [2.75, 3.05) is 17.3 Å². The van der Waals surface area contributed by atoms with Crippen LogP contribution >= 0.6 is 11.8 Å². The van der Waals surface area contributed by atoms with Crippen LogP contribution < -0.4 is 10.6 Å². The summed E-state index contributed by atoms with van der Waals surface area (Å²) in [4.78, 5) is 43.0. The average Bonchev–Trinajstić information content (AvgIpc) is 3.57. The fourth-order valence-electron chi connectivity index (χ4n) is 4.70. The van der Waals surface area contributed by atoms with Gasteiger partial charge in [-0.05, 0) is 101 Å². The number of nitrogens with zero attached hydrogens (tertiary/aromatic N) is 1. The van der Waals surface area contributed by atoms with Gasteiger partial charge in [-0.25, -0.2) is 4.79 Å². The van der Waals surface area contributed by atoms with Crippen molar-refractivity contribution in [3.05, 3.63) is 64.7 Å². The average molecular weight is 554 g/mol. The second-order valence-corrected chi connectivity index (χ2v) is 12.5. The zero-order valence-corrected chi connectivity index (χ0v) is 25.3. The third-order valence-electron chi connectivity index (χ3n) is 7.15. The number of thioether (sulfide) groups is 1. The highest BCUT2D eigenvalue weighted by atomic mass is 32.2. The molecule has 0 spiro atoms. The smallest absolute Gasteiger partial charge is 0.408 e. The standard InChI is InChI=1S/C31H43N3O4S/c1-19-13-11-14-23(22(19)4)27(28(35)32-24-15-10-9-12-20(24)2)34(26-18-21(26)3)29(36)25(16-17-39-8)33-30(37)38-31(5,6)7/h9-15,21,25-27H,16-18H2,1-8H3,(H,32,35)(H,33,37). The number of nitrogens with one attached hydrogen (secondary N) is 2. The Hall–Kier alpha value is -3.00. The molecule has 1 aliphatic rings. The monoisotopic (exact) mass is 553 g/mol. The molecule has 0 radical (unpaired) electrons. The normalized spacial score (nSPS) is 18.1. The number of aryl methyl sites for hydroxylation is 2. The number of amides is 3. The van der Waals surface area contributed by atoms with Crippen LogP contribution in [-0.4, -0.2) is 52.5 Å². The summed E-state index contributed by atoms with van der Waals surface area (Å²) in [5, 5.41) is 5.91. The highest BCUT2D eigenvalue weighted by Crippen LogP contribution is 2.42. The van der Waals surface area contributed by atoms with Crippen LogP contribution in [0.3, 0.4) is 0 Å². The maximum absolute atomic E-state index is 14.4. The van der Waals surface area contributed by atoms with Crippen molar-refractivity contribution in [3.63, 3.8) is 0 Å². The highest BCUT2D eigenvalue weighted by molar-refractivity contribution is 7.98. The van der Waals surface area contributed by atoms with E-state index < -0.39 is 23.8 Å². The number of hydrogen-bond donors (Lipinski definition) is 2. The predicted octanol–water partition coefficient (Wildman–Crippen LogP) is 6.18. The lowest BCUT2D eigenvalue weighted by molar-refractivity contribution is -0.141. The number of hydrogen-bond acceptors (Lipinski definition) is 5. The molecule has 4 unspecified atom stereocenters. The van der Waals surface area contributed by atoms with E-state index in [1.54, 1.807) is 37.4 Å². The SMILES string of the molecule is CSCCC(NC(=O)OC(C)(C)C)C(=O)N(C(C(=O)Nc1ccccc1C)c1cccc(C)c1C)C1CC1C. The summed E-state index contributed by atoms with van der Waals surface area (Å²) >= 11 is 1.60. The van der Waals surface area contributed by atoms with Crippen LogP contribution in [0.15, 0.2) is 42.5 Å². The number of para-hydroxylation sites is 1. The minimum atomic E-state index is -0.857. The Labute approximate surface area is 237 Å². The van der Waals surface area contributed by atoms with Crippen LogP contribution in [0.4, 0.5) is 10.5 Å². The molecule has 3 amide bonds. The van der Waals surface area contributed by atoms with Gasteiger partial charge in [-0.2, -0.15) is 11.8 Å². The number of rotatable bonds is 10. The van der Waals surface area contributed by atoms with E-state index in [1.165, 1.54) is 0 Å². The molecule has 2 N–H and O–H groups in total. The molecule has 8 heteroatoms. The van der Waals surface area contributed by atoms with E-state index in [0.717, 1.165) is 28.7 Å². The van der Waals surface area contributed by atoms with Crippen molar-refractivity contribution in [2.45, 2.75) is 85.0 Å². The van der Waals surface area contributed by atoms with E-state index in [1.807, 2.05) is 69.5 Å². The minimum Gasteiger partial charge on any atom is -0.444 e. The van der Waals surface area contributed by atoms with Crippen LogP contribution in [0, 0.1) is 26.7 Å². The van der Waals surface area contributed by atoms with E-state index in [4.69, 9.17) is 4.74 Å². The lowest BCUT2D eigenvalue weighted by Gasteiger charge is -2.36. The van der Waals surface area contributed by atoms with Gasteiger partial charge in [0.2, 0.25) is 5.91 Å². The minimum absolute atomic E-state index is 0.109. The molecule has 0 saturated heterocycles. The molecule has 1 aliphatic carbocycles. The first-order valence-corrected chi connectivity index (χ1v) is 15.0. The fraction of sp³-hybridized carbons (Fsp3) is 0.516. The Morgan fingerprint density at radius 1 is 1.05 bits per heavy atom. The second-order valence-electron chi connectivity index (χ2n) is 11.5. The van der Waals surface area contributed by atoms with E-state index in [0.29, 0.717) is 17.9 Å². The van der Waals surface area contributed by atoms with Crippen LogP contribution in [0.25, 0.3) is 0 Å². The summed E-state index contributed by atoms with van der Waals surface area (Å²) in [6.45, 7) is 13.4. The van der Waals surface area contributed by atoms with Gasteiger partial charge in [0.05, 0.1) is 0 Å². The molecule has 1 saturated carbocycles. The second kappa shape index (κ2) is 12.9. The van der Waals surface area contributed by atoms with Crippen molar-refractivity contribution >= 4 is 35.4 Å². The van der Waals surface area contributed by atoms with Gasteiger partial charge >= 0.3 is 6.09 Å². The zero-order chi connectivity index (χ0) is 28.9. The van der Waals surface area contributed by atoms with Gasteiger partial charge in [-0.1, -0.05) is 43.3 Å². The number of carbonyl (C=O) groups is 3. The first-order valence-electron chi connectivity index (χ1n) is 13.6. The van der Waals surface area contributed by atoms with E-state index in [-0.39, 0.29) is 23.8 Å². The third kappa shape index (κ3) is 8.01. The summed E-state index contributed by atoms with van der Waals surface area (Å²) in [6, 6.07) is 11.7. The lowest BCUT2D eigenvalue weighted by Crippen LogP contribution is -2.53. The molecule has 3 rings (SSSR count). The topological polar surface area (TPSA) is 87.7 Å². The fourth-order valence-corrected chi connectivity index (χ4v) is 5.17. The summed E-state index contributed by atoms with van der Waals surface area (Å²) in [6.07, 6.45) is 2.55. The highest BCUT2D eigenvalue weighted by Gasteiger charge is 2.48. The van der Waals surface area contributed by atoms with Crippen LogP contribution in [-0.2, 0) is 14.3 Å². The summed E-state index contributed by atoms with van der Waals surface area (Å²) in [5.74, 6) is 0.376. The summed E-state index contributed by atoms with van der Waals surface area (Å²) in [5.41, 5.74) is 3.75. The van der Waals surface area contributed by atoms with E-state index >= 15 is 0 Å². The van der Waals surface area contributed by atoms with Crippen molar-refractivity contribution < 1.29 is 19.1 Å². The molecule has 7 nitrogen and oxygen atoms in total. The quantitative estimate of drug-likeness (QED) is 0.367. The van der Waals surface area contributed by atoms with Gasteiger partial charge < -0.3 is 20.3 Å². The molecule has 0 bridgehead atoms.